The van der Waals surface area contributed by atoms with Crippen molar-refractivity contribution in [3.8, 4) is 0 Å². The SMILES string of the molecule is CCC(=O)CC(=O)OCl. The molecule has 0 aliphatic carbocycles. The van der Waals surface area contributed by atoms with Crippen LogP contribution in [0.1, 0.15) is 19.8 Å². The third-order valence-electron chi connectivity index (χ3n) is 0.822. The van der Waals surface area contributed by atoms with Crippen molar-refractivity contribution in [3.63, 3.8) is 0 Å². The summed E-state index contributed by atoms with van der Waals surface area (Å²) >= 11 is 4.65. The molecule has 0 N–H and O–H groups in total. The normalized spacial score (nSPS) is 8.67. The molecular weight excluding hydrogens is 144 g/mol. The zero-order valence-corrected chi connectivity index (χ0v) is 5.77. The number of halogens is 1. The van der Waals surface area contributed by atoms with Crippen molar-refractivity contribution in [1.29, 1.82) is 0 Å². The van der Waals surface area contributed by atoms with Crippen LogP contribution in [0.15, 0.2) is 0 Å². The van der Waals surface area contributed by atoms with E-state index in [0.717, 1.165) is 0 Å². The molecule has 0 saturated heterocycles. The molecule has 0 atom stereocenters. The number of ketones is 1. The Kier molecular flexibility index (Phi) is 4.05. The minimum atomic E-state index is -0.691. The van der Waals surface area contributed by atoms with Gasteiger partial charge in [0.15, 0.2) is 0 Å². The average molecular weight is 151 g/mol. The van der Waals surface area contributed by atoms with Crippen LogP contribution in [-0.2, 0) is 13.9 Å². The lowest BCUT2D eigenvalue weighted by atomic mass is 10.2. The molecule has 0 unspecified atom stereocenters. The summed E-state index contributed by atoms with van der Waals surface area (Å²) in [5.74, 6) is -0.857. The highest BCUT2D eigenvalue weighted by molar-refractivity contribution is 6.14. The van der Waals surface area contributed by atoms with E-state index in [-0.39, 0.29) is 12.2 Å². The standard InChI is InChI=1S/C5H7ClO3/c1-2-4(7)3-5(8)9-6/h2-3H2,1H3. The molecule has 0 bridgehead atoms. The highest BCUT2D eigenvalue weighted by atomic mass is 35.5. The summed E-state index contributed by atoms with van der Waals surface area (Å²) in [5.41, 5.74) is 0. The second-order valence-electron chi connectivity index (χ2n) is 1.52. The van der Waals surface area contributed by atoms with Gasteiger partial charge < -0.3 is 4.29 Å². The van der Waals surface area contributed by atoms with Crippen LogP contribution in [0.25, 0.3) is 0 Å². The van der Waals surface area contributed by atoms with E-state index in [4.69, 9.17) is 0 Å². The first kappa shape index (κ1) is 8.43. The molecule has 9 heavy (non-hydrogen) atoms. The van der Waals surface area contributed by atoms with Crippen LogP contribution in [0.5, 0.6) is 0 Å². The summed E-state index contributed by atoms with van der Waals surface area (Å²) in [6.45, 7) is 1.67. The molecule has 0 aromatic carbocycles. The molecule has 0 heterocycles. The van der Waals surface area contributed by atoms with Gasteiger partial charge in [0.2, 0.25) is 0 Å². The van der Waals surface area contributed by atoms with Gasteiger partial charge in [0.25, 0.3) is 0 Å². The Morgan fingerprint density at radius 2 is 2.11 bits per heavy atom. The molecule has 0 aliphatic heterocycles. The van der Waals surface area contributed by atoms with E-state index in [1.165, 1.54) is 0 Å². The molecular formula is C5H7ClO3. The van der Waals surface area contributed by atoms with Gasteiger partial charge in [0.1, 0.15) is 24.1 Å². The van der Waals surface area contributed by atoms with Gasteiger partial charge in [-0.25, -0.2) is 0 Å². The van der Waals surface area contributed by atoms with Crippen LogP contribution in [0.3, 0.4) is 0 Å². The summed E-state index contributed by atoms with van der Waals surface area (Å²) in [6.07, 6.45) is 0.117. The number of hydrogen-bond donors (Lipinski definition) is 0. The Bertz CT molecular complexity index is 107. The second kappa shape index (κ2) is 4.32. The number of hydrogen-bond acceptors (Lipinski definition) is 3. The van der Waals surface area contributed by atoms with Crippen molar-refractivity contribution < 1.29 is 13.9 Å². The zero-order valence-electron chi connectivity index (χ0n) is 5.02. The van der Waals surface area contributed by atoms with Crippen molar-refractivity contribution in [1.82, 2.24) is 0 Å². The van der Waals surface area contributed by atoms with Gasteiger partial charge in [-0.2, -0.15) is 0 Å². The Hall–Kier alpha value is -0.570. The van der Waals surface area contributed by atoms with Crippen LogP contribution in [-0.4, -0.2) is 11.8 Å². The third kappa shape index (κ3) is 3.97. The molecule has 0 aromatic heterocycles. The van der Waals surface area contributed by atoms with Gasteiger partial charge in [-0.15, -0.1) is 0 Å². The highest BCUT2D eigenvalue weighted by Crippen LogP contribution is 1.93. The average Bonchev–Trinajstić information content (AvgIpc) is 1.87. The van der Waals surface area contributed by atoms with Crippen LogP contribution in [0.4, 0.5) is 0 Å². The molecule has 0 spiro atoms. The number of Topliss-reactive ketones (excluding diaryl/α,β-unsaturated/α-hetero) is 1. The molecule has 0 amide bonds. The quantitative estimate of drug-likeness (QED) is 0.565. The zero-order chi connectivity index (χ0) is 7.28. The van der Waals surface area contributed by atoms with Gasteiger partial charge in [0, 0.05) is 6.42 Å². The van der Waals surface area contributed by atoms with Crippen molar-refractivity contribution in [2.24, 2.45) is 0 Å². The molecule has 0 rings (SSSR count). The molecule has 3 nitrogen and oxygen atoms in total. The largest absolute Gasteiger partial charge is 0.347 e. The van der Waals surface area contributed by atoms with Crippen molar-refractivity contribution in [2.75, 3.05) is 0 Å². The van der Waals surface area contributed by atoms with E-state index in [1.807, 2.05) is 0 Å². The maximum atomic E-state index is 10.4. The van der Waals surface area contributed by atoms with Crippen LogP contribution in [0, 0.1) is 0 Å². The van der Waals surface area contributed by atoms with Crippen LogP contribution >= 0.6 is 11.9 Å². The van der Waals surface area contributed by atoms with Gasteiger partial charge >= 0.3 is 5.97 Å². The van der Waals surface area contributed by atoms with Gasteiger partial charge in [-0.1, -0.05) is 6.92 Å². The minimum absolute atomic E-state index is 0.166. The number of carbonyl (C=O) groups is 2. The Morgan fingerprint density at radius 3 is 2.44 bits per heavy atom. The molecule has 0 aliphatic rings. The first-order valence-electron chi connectivity index (χ1n) is 2.53. The molecule has 52 valence electrons. The van der Waals surface area contributed by atoms with E-state index in [1.54, 1.807) is 6.92 Å². The molecule has 0 fully saturated rings. The Balaban J connectivity index is 3.47. The van der Waals surface area contributed by atoms with E-state index in [9.17, 15) is 9.59 Å². The lowest BCUT2D eigenvalue weighted by Crippen LogP contribution is -2.05. The molecule has 0 radical (unpaired) electrons. The predicted octanol–water partition coefficient (Wildman–Crippen LogP) is 1.05. The molecule has 0 saturated carbocycles. The summed E-state index contributed by atoms with van der Waals surface area (Å²) in [4.78, 5) is 20.6. The fourth-order valence-electron chi connectivity index (χ4n) is 0.313. The fourth-order valence-corrected chi connectivity index (χ4v) is 0.368. The van der Waals surface area contributed by atoms with Crippen molar-refractivity contribution in [3.05, 3.63) is 0 Å². The van der Waals surface area contributed by atoms with E-state index in [0.29, 0.717) is 6.42 Å². The molecule has 4 heteroatoms. The fraction of sp³-hybridized carbons (Fsp3) is 0.600. The van der Waals surface area contributed by atoms with Crippen LogP contribution < -0.4 is 0 Å². The van der Waals surface area contributed by atoms with Gasteiger partial charge in [-0.05, 0) is 0 Å². The van der Waals surface area contributed by atoms with Crippen molar-refractivity contribution in [2.45, 2.75) is 19.8 Å². The van der Waals surface area contributed by atoms with Gasteiger partial charge in [-0.3, -0.25) is 9.59 Å². The Morgan fingerprint density at radius 1 is 1.56 bits per heavy atom. The Labute approximate surface area is 58.1 Å². The molecule has 0 aromatic rings. The summed E-state index contributed by atoms with van der Waals surface area (Å²) in [5, 5.41) is 0. The lowest BCUT2D eigenvalue weighted by molar-refractivity contribution is -0.137. The van der Waals surface area contributed by atoms with Crippen LogP contribution in [0.2, 0.25) is 0 Å². The van der Waals surface area contributed by atoms with E-state index >= 15 is 0 Å². The number of carbonyl (C=O) groups excluding carboxylic acids is 2. The van der Waals surface area contributed by atoms with E-state index < -0.39 is 5.97 Å². The third-order valence-corrected chi connectivity index (χ3v) is 0.994. The predicted molar refractivity (Wildman–Crippen MR) is 31.9 cm³/mol. The first-order chi connectivity index (χ1) is 4.20. The highest BCUT2D eigenvalue weighted by Gasteiger charge is 2.06. The topological polar surface area (TPSA) is 43.4 Å². The van der Waals surface area contributed by atoms with Crippen molar-refractivity contribution >= 4 is 23.6 Å². The minimum Gasteiger partial charge on any atom is -0.347 e. The first-order valence-corrected chi connectivity index (χ1v) is 2.84. The lowest BCUT2D eigenvalue weighted by Gasteiger charge is -1.90. The second-order valence-corrected chi connectivity index (χ2v) is 1.67. The maximum absolute atomic E-state index is 10.4. The monoisotopic (exact) mass is 150 g/mol. The smallest absolute Gasteiger partial charge is 0.332 e. The summed E-state index contributed by atoms with van der Waals surface area (Å²) in [6, 6.07) is 0. The summed E-state index contributed by atoms with van der Waals surface area (Å²) in [7, 11) is 0. The number of rotatable bonds is 3. The van der Waals surface area contributed by atoms with E-state index in [2.05, 4.69) is 16.2 Å². The summed E-state index contributed by atoms with van der Waals surface area (Å²) < 4.78 is 3.74. The maximum Gasteiger partial charge on any atom is 0.332 e. The van der Waals surface area contributed by atoms with Gasteiger partial charge in [0.05, 0.1) is 0 Å².